The topological polar surface area (TPSA) is 76.1 Å². The van der Waals surface area contributed by atoms with Gasteiger partial charge in [-0.25, -0.2) is 9.78 Å². The Morgan fingerprint density at radius 1 is 1.21 bits per heavy atom. The number of ether oxygens (including phenoxy) is 1. The molecular weight excluding hydrogens is 492 g/mol. The molecule has 0 bridgehead atoms. The molecule has 5 rings (SSSR count). The van der Waals surface area contributed by atoms with Crippen LogP contribution in [0.15, 0.2) is 72.3 Å². The van der Waals surface area contributed by atoms with E-state index >= 15 is 0 Å². The van der Waals surface area contributed by atoms with Crippen molar-refractivity contribution in [2.24, 2.45) is 0 Å². The summed E-state index contributed by atoms with van der Waals surface area (Å²) in [6.45, 7) is 9.78. The van der Waals surface area contributed by atoms with Crippen LogP contribution < -0.4 is 21.1 Å². The molecule has 192 valence electrons. The van der Waals surface area contributed by atoms with Crippen LogP contribution in [0.3, 0.4) is 0 Å². The number of esters is 1. The Morgan fingerprint density at radius 3 is 2.89 bits per heavy atom. The van der Waals surface area contributed by atoms with Gasteiger partial charge in [0.25, 0.3) is 0 Å². The van der Waals surface area contributed by atoms with Crippen LogP contribution in [0.2, 0.25) is 0 Å². The molecule has 0 saturated carbocycles. The van der Waals surface area contributed by atoms with E-state index in [-0.39, 0.29) is 12.1 Å². The summed E-state index contributed by atoms with van der Waals surface area (Å²) in [5.74, 6) is -0.373. The van der Waals surface area contributed by atoms with Crippen molar-refractivity contribution in [3.63, 3.8) is 0 Å². The molecule has 2 N–H and O–H groups in total. The molecule has 0 unspecified atom stereocenters. The van der Waals surface area contributed by atoms with E-state index in [2.05, 4.69) is 46.5 Å². The van der Waals surface area contributed by atoms with Gasteiger partial charge in [-0.1, -0.05) is 43.0 Å². The number of aryl methyl sites for hydroxylation is 1. The average molecular weight is 523 g/mol. The fraction of sp³-hybridized carbons (Fsp3) is 0.194. The molecule has 2 aliphatic rings. The maximum absolute atomic E-state index is 12.6. The van der Waals surface area contributed by atoms with E-state index in [9.17, 15) is 4.79 Å². The third-order valence-electron chi connectivity index (χ3n) is 6.44. The Bertz CT molecular complexity index is 1590. The van der Waals surface area contributed by atoms with Crippen LogP contribution >= 0.6 is 11.3 Å². The first kappa shape index (κ1) is 25.6. The van der Waals surface area contributed by atoms with Crippen LogP contribution in [0, 0.1) is 6.92 Å². The molecule has 1 aromatic carbocycles. The Balaban J connectivity index is 1.49. The van der Waals surface area contributed by atoms with Crippen molar-refractivity contribution < 1.29 is 9.53 Å². The summed E-state index contributed by atoms with van der Waals surface area (Å²) in [6, 6.07) is 12.2. The lowest BCUT2D eigenvalue weighted by molar-refractivity contribution is 0.0338. The summed E-state index contributed by atoms with van der Waals surface area (Å²) in [6.07, 6.45) is 12.8. The lowest BCUT2D eigenvalue weighted by Gasteiger charge is -2.13. The molecule has 6 nitrogen and oxygen atoms in total. The SMILES string of the molecule is C=c1ccc(C2=C(c3cccc(C)n3)NC=CC=C2)c/c1=C/C(=C\C)c1nc(C(=O)O[C@@H]2CCNC2)cs1. The first-order valence-corrected chi connectivity index (χ1v) is 13.5. The zero-order valence-electron chi connectivity index (χ0n) is 21.5. The number of rotatable bonds is 6. The Kier molecular flexibility index (Phi) is 7.77. The fourth-order valence-corrected chi connectivity index (χ4v) is 5.24. The second kappa shape index (κ2) is 11.5. The minimum atomic E-state index is -0.373. The van der Waals surface area contributed by atoms with Gasteiger partial charge in [0.15, 0.2) is 5.69 Å². The van der Waals surface area contributed by atoms with Crippen LogP contribution in [0.4, 0.5) is 0 Å². The molecule has 3 aromatic rings. The highest BCUT2D eigenvalue weighted by molar-refractivity contribution is 7.11. The molecule has 38 heavy (non-hydrogen) atoms. The van der Waals surface area contributed by atoms with Crippen molar-refractivity contribution in [1.29, 1.82) is 0 Å². The van der Waals surface area contributed by atoms with E-state index < -0.39 is 0 Å². The Morgan fingerprint density at radius 2 is 2.11 bits per heavy atom. The van der Waals surface area contributed by atoms with Gasteiger partial charge in [0.05, 0.1) is 11.4 Å². The van der Waals surface area contributed by atoms with Crippen LogP contribution in [0.25, 0.3) is 29.5 Å². The predicted octanol–water partition coefficient (Wildman–Crippen LogP) is 4.20. The first-order chi connectivity index (χ1) is 18.5. The van der Waals surface area contributed by atoms with E-state index in [0.29, 0.717) is 12.2 Å². The largest absolute Gasteiger partial charge is 0.456 e. The lowest BCUT2D eigenvalue weighted by atomic mass is 9.99. The number of pyridine rings is 1. The number of thiazole rings is 1. The Hall–Kier alpha value is -4.07. The highest BCUT2D eigenvalue weighted by atomic mass is 32.1. The van der Waals surface area contributed by atoms with E-state index in [1.165, 1.54) is 11.3 Å². The van der Waals surface area contributed by atoms with E-state index in [0.717, 1.165) is 62.2 Å². The predicted molar refractivity (Wildman–Crippen MR) is 155 cm³/mol. The third-order valence-corrected chi connectivity index (χ3v) is 7.33. The van der Waals surface area contributed by atoms with Gasteiger partial charge < -0.3 is 15.4 Å². The maximum atomic E-state index is 12.6. The van der Waals surface area contributed by atoms with Crippen molar-refractivity contribution >= 4 is 46.8 Å². The maximum Gasteiger partial charge on any atom is 0.358 e. The normalized spacial score (nSPS) is 18.0. The lowest BCUT2D eigenvalue weighted by Crippen LogP contribution is -2.23. The molecule has 1 atom stereocenters. The molecular formula is C31H30N4O2S. The minimum absolute atomic E-state index is 0.0891. The quantitative estimate of drug-likeness (QED) is 0.473. The molecule has 0 amide bonds. The van der Waals surface area contributed by atoms with Crippen molar-refractivity contribution in [3.05, 3.63) is 110 Å². The smallest absolute Gasteiger partial charge is 0.358 e. The van der Waals surface area contributed by atoms with Gasteiger partial charge in [-0.2, -0.15) is 0 Å². The summed E-state index contributed by atoms with van der Waals surface area (Å²) < 4.78 is 5.58. The van der Waals surface area contributed by atoms with Gasteiger partial charge in [0, 0.05) is 35.0 Å². The highest BCUT2D eigenvalue weighted by Crippen LogP contribution is 2.26. The fourth-order valence-electron chi connectivity index (χ4n) is 4.41. The number of hydrogen-bond donors (Lipinski definition) is 2. The third kappa shape index (κ3) is 5.74. The van der Waals surface area contributed by atoms with Crippen molar-refractivity contribution in [1.82, 2.24) is 20.6 Å². The second-order valence-corrected chi connectivity index (χ2v) is 10.0. The van der Waals surface area contributed by atoms with E-state index in [1.54, 1.807) is 5.38 Å². The monoisotopic (exact) mass is 522 g/mol. The molecule has 4 heterocycles. The number of nitrogens with zero attached hydrogens (tertiary/aromatic N) is 2. The summed E-state index contributed by atoms with van der Waals surface area (Å²) in [5, 5.41) is 11.0. The second-order valence-electron chi connectivity index (χ2n) is 9.18. The first-order valence-electron chi connectivity index (χ1n) is 12.6. The molecule has 0 radical (unpaired) electrons. The summed E-state index contributed by atoms with van der Waals surface area (Å²) >= 11 is 1.43. The van der Waals surface area contributed by atoms with Gasteiger partial charge in [-0.3, -0.25) is 4.98 Å². The van der Waals surface area contributed by atoms with Gasteiger partial charge in [0.1, 0.15) is 11.1 Å². The summed E-state index contributed by atoms with van der Waals surface area (Å²) in [5.41, 5.74) is 6.11. The molecule has 1 saturated heterocycles. The van der Waals surface area contributed by atoms with Gasteiger partial charge in [-0.15, -0.1) is 11.3 Å². The zero-order valence-corrected chi connectivity index (χ0v) is 22.3. The van der Waals surface area contributed by atoms with Gasteiger partial charge in [0.2, 0.25) is 0 Å². The van der Waals surface area contributed by atoms with Gasteiger partial charge >= 0.3 is 5.97 Å². The van der Waals surface area contributed by atoms with Crippen LogP contribution in [-0.2, 0) is 4.74 Å². The number of benzene rings is 1. The molecule has 1 fully saturated rings. The summed E-state index contributed by atoms with van der Waals surface area (Å²) in [4.78, 5) is 21.9. The van der Waals surface area contributed by atoms with Crippen LogP contribution in [-0.4, -0.2) is 35.1 Å². The molecule has 0 aliphatic carbocycles. The van der Waals surface area contributed by atoms with Gasteiger partial charge in [-0.05, 0) is 73.2 Å². The zero-order chi connectivity index (χ0) is 26.5. The number of carbonyl (C=O) groups is 1. The Labute approximate surface area is 226 Å². The summed E-state index contributed by atoms with van der Waals surface area (Å²) in [7, 11) is 0. The van der Waals surface area contributed by atoms with Crippen molar-refractivity contribution in [2.45, 2.75) is 26.4 Å². The molecule has 2 aromatic heterocycles. The number of hydrogen-bond acceptors (Lipinski definition) is 7. The minimum Gasteiger partial charge on any atom is -0.456 e. The van der Waals surface area contributed by atoms with Crippen molar-refractivity contribution in [2.75, 3.05) is 13.1 Å². The number of carbonyl (C=O) groups excluding carboxylic acids is 1. The average Bonchev–Trinajstić information content (AvgIpc) is 3.56. The van der Waals surface area contributed by atoms with Crippen LogP contribution in [0.5, 0.6) is 0 Å². The number of aromatic nitrogens is 2. The highest BCUT2D eigenvalue weighted by Gasteiger charge is 2.21. The van der Waals surface area contributed by atoms with E-state index in [1.807, 2.05) is 62.5 Å². The van der Waals surface area contributed by atoms with E-state index in [4.69, 9.17) is 9.72 Å². The standard InChI is InChI=1S/C31H30N4O2S/c1-4-22(30-35-28(19-38-30)31(36)37-25-13-15-32-18-25)16-24-17-23(12-11-20(24)2)26-9-5-6-14-33-29(26)27-10-7-8-21(3)34-27/h4-12,14,16-17,19,25,32-33H,2,13,15,18H2,1,3H3/b22-4+,24-16-/t25-/m1/s1. The number of nitrogens with one attached hydrogen (secondary N) is 2. The molecule has 0 spiro atoms. The molecule has 2 aliphatic heterocycles. The molecule has 7 heteroatoms. The number of allylic oxidation sites excluding steroid dienone is 6. The van der Waals surface area contributed by atoms with Crippen LogP contribution in [0.1, 0.15) is 45.8 Å². The van der Waals surface area contributed by atoms with Crippen molar-refractivity contribution in [3.8, 4) is 0 Å².